The number of aliphatic carboxylic acids is 1. The van der Waals surface area contributed by atoms with Crippen LogP contribution in [-0.4, -0.2) is 36.0 Å². The molecule has 0 heterocycles. The Morgan fingerprint density at radius 2 is 1.65 bits per heavy atom. The van der Waals surface area contributed by atoms with Gasteiger partial charge >= 0.3 is 5.97 Å². The van der Waals surface area contributed by atoms with E-state index in [2.05, 4.69) is 10.6 Å². The molecule has 142 valence electrons. The summed E-state index contributed by atoms with van der Waals surface area (Å²) >= 11 is 0. The summed E-state index contributed by atoms with van der Waals surface area (Å²) < 4.78 is 0. The van der Waals surface area contributed by atoms with Crippen LogP contribution in [0.25, 0.3) is 0 Å². The summed E-state index contributed by atoms with van der Waals surface area (Å²) in [6.45, 7) is 2.01. The van der Waals surface area contributed by atoms with Crippen LogP contribution in [0.15, 0.2) is 24.3 Å². The molecule has 2 rings (SSSR count). The van der Waals surface area contributed by atoms with Gasteiger partial charge in [0.15, 0.2) is 0 Å². The molecule has 1 aliphatic carbocycles. The molecule has 0 radical (unpaired) electrons. The summed E-state index contributed by atoms with van der Waals surface area (Å²) in [6.07, 6.45) is 4.90. The Labute approximate surface area is 154 Å². The van der Waals surface area contributed by atoms with Gasteiger partial charge in [0, 0.05) is 13.0 Å². The molecule has 0 atom stereocenters. The number of nitrogens with one attached hydrogen (secondary N) is 2. The first kappa shape index (κ1) is 19.9. The van der Waals surface area contributed by atoms with Crippen molar-refractivity contribution >= 4 is 17.8 Å². The molecule has 1 saturated carbocycles. The van der Waals surface area contributed by atoms with Crippen LogP contribution in [0.1, 0.15) is 49.7 Å². The summed E-state index contributed by atoms with van der Waals surface area (Å²) in [5, 5.41) is 14.8. The Morgan fingerprint density at radius 3 is 2.27 bits per heavy atom. The van der Waals surface area contributed by atoms with E-state index in [0.29, 0.717) is 25.7 Å². The topological polar surface area (TPSA) is 95.5 Å². The van der Waals surface area contributed by atoms with Gasteiger partial charge in [-0.3, -0.25) is 14.4 Å². The van der Waals surface area contributed by atoms with E-state index < -0.39 is 11.4 Å². The highest BCUT2D eigenvalue weighted by Crippen LogP contribution is 2.35. The molecular formula is C20H28N2O4. The number of carboxylic acid groups (broad SMARTS) is 1. The monoisotopic (exact) mass is 360 g/mol. The van der Waals surface area contributed by atoms with Crippen molar-refractivity contribution in [3.63, 3.8) is 0 Å². The molecular weight excluding hydrogens is 332 g/mol. The van der Waals surface area contributed by atoms with Crippen molar-refractivity contribution in [1.82, 2.24) is 10.6 Å². The fraction of sp³-hybridized carbons (Fsp3) is 0.550. The minimum Gasteiger partial charge on any atom is -0.481 e. The zero-order valence-electron chi connectivity index (χ0n) is 15.3. The van der Waals surface area contributed by atoms with Gasteiger partial charge in [0.2, 0.25) is 11.8 Å². The number of carbonyl (C=O) groups is 3. The number of carboxylic acids is 1. The van der Waals surface area contributed by atoms with E-state index in [4.69, 9.17) is 0 Å². The lowest BCUT2D eigenvalue weighted by molar-refractivity contribution is -0.151. The van der Waals surface area contributed by atoms with E-state index in [0.717, 1.165) is 24.8 Å². The van der Waals surface area contributed by atoms with Gasteiger partial charge in [-0.25, -0.2) is 0 Å². The normalized spacial score (nSPS) is 15.9. The lowest BCUT2D eigenvalue weighted by Crippen LogP contribution is -2.46. The SMILES string of the molecule is Cc1ccc(CCC(=O)NCC(=O)NCC2(C(=O)O)CCCCC2)cc1. The molecule has 0 aromatic heterocycles. The van der Waals surface area contributed by atoms with E-state index in [1.165, 1.54) is 5.56 Å². The van der Waals surface area contributed by atoms with Gasteiger partial charge in [0.1, 0.15) is 0 Å². The molecule has 1 aliphatic rings. The molecule has 0 saturated heterocycles. The number of rotatable bonds is 8. The minimum absolute atomic E-state index is 0.123. The fourth-order valence-corrected chi connectivity index (χ4v) is 3.30. The molecule has 6 heteroatoms. The number of benzene rings is 1. The molecule has 0 bridgehead atoms. The summed E-state index contributed by atoms with van der Waals surface area (Å²) in [6, 6.07) is 7.99. The van der Waals surface area contributed by atoms with Gasteiger partial charge in [0.05, 0.1) is 12.0 Å². The Balaban J connectivity index is 1.69. The first-order chi connectivity index (χ1) is 12.4. The molecule has 26 heavy (non-hydrogen) atoms. The highest BCUT2D eigenvalue weighted by Gasteiger charge is 2.39. The van der Waals surface area contributed by atoms with Gasteiger partial charge in [-0.2, -0.15) is 0 Å². The second-order valence-electron chi connectivity index (χ2n) is 7.19. The minimum atomic E-state index is -0.858. The highest BCUT2D eigenvalue weighted by atomic mass is 16.4. The van der Waals surface area contributed by atoms with Crippen molar-refractivity contribution < 1.29 is 19.5 Å². The third-order valence-electron chi connectivity index (χ3n) is 5.10. The standard InChI is InChI=1S/C20H28N2O4/c1-15-5-7-16(8-6-15)9-10-17(23)21-13-18(24)22-14-20(19(25)26)11-3-2-4-12-20/h5-8H,2-4,9-14H2,1H3,(H,21,23)(H,22,24)(H,25,26). The quantitative estimate of drug-likeness (QED) is 0.662. The molecule has 0 aliphatic heterocycles. The van der Waals surface area contributed by atoms with Crippen molar-refractivity contribution in [1.29, 1.82) is 0 Å². The van der Waals surface area contributed by atoms with Crippen LogP contribution in [0.3, 0.4) is 0 Å². The molecule has 2 amide bonds. The maximum atomic E-state index is 11.9. The largest absolute Gasteiger partial charge is 0.481 e. The summed E-state index contributed by atoms with van der Waals surface area (Å²) in [5.41, 5.74) is 1.39. The first-order valence-electron chi connectivity index (χ1n) is 9.24. The third kappa shape index (κ3) is 5.86. The summed E-state index contributed by atoms with van der Waals surface area (Å²) in [7, 11) is 0. The Hall–Kier alpha value is -2.37. The Bertz CT molecular complexity index is 634. The Morgan fingerprint density at radius 1 is 1.00 bits per heavy atom. The van der Waals surface area contributed by atoms with Crippen LogP contribution in [-0.2, 0) is 20.8 Å². The van der Waals surface area contributed by atoms with Crippen LogP contribution < -0.4 is 10.6 Å². The molecule has 3 N–H and O–H groups in total. The van der Waals surface area contributed by atoms with E-state index in [1.54, 1.807) is 0 Å². The van der Waals surface area contributed by atoms with Gasteiger partial charge in [-0.15, -0.1) is 0 Å². The van der Waals surface area contributed by atoms with Crippen molar-refractivity contribution in [3.8, 4) is 0 Å². The zero-order valence-corrected chi connectivity index (χ0v) is 15.3. The van der Waals surface area contributed by atoms with Gasteiger partial charge in [-0.05, 0) is 31.7 Å². The molecule has 1 fully saturated rings. The fourth-order valence-electron chi connectivity index (χ4n) is 3.30. The predicted octanol–water partition coefficient (Wildman–Crippen LogP) is 2.20. The van der Waals surface area contributed by atoms with E-state index in [-0.39, 0.29) is 24.9 Å². The predicted molar refractivity (Wildman–Crippen MR) is 98.7 cm³/mol. The van der Waals surface area contributed by atoms with Crippen molar-refractivity contribution in [2.45, 2.75) is 51.9 Å². The average molecular weight is 360 g/mol. The van der Waals surface area contributed by atoms with Crippen LogP contribution >= 0.6 is 0 Å². The lowest BCUT2D eigenvalue weighted by Gasteiger charge is -2.33. The average Bonchev–Trinajstić information content (AvgIpc) is 2.65. The smallest absolute Gasteiger partial charge is 0.311 e. The van der Waals surface area contributed by atoms with Gasteiger partial charge < -0.3 is 15.7 Å². The number of hydrogen-bond acceptors (Lipinski definition) is 3. The van der Waals surface area contributed by atoms with Crippen LogP contribution in [0, 0.1) is 12.3 Å². The second kappa shape index (κ2) is 9.36. The summed E-state index contributed by atoms with van der Waals surface area (Å²) in [4.78, 5) is 35.4. The number of amides is 2. The lowest BCUT2D eigenvalue weighted by atomic mass is 9.74. The van der Waals surface area contributed by atoms with Crippen molar-refractivity contribution in [2.75, 3.05) is 13.1 Å². The van der Waals surface area contributed by atoms with Crippen LogP contribution in [0.4, 0.5) is 0 Å². The van der Waals surface area contributed by atoms with Crippen LogP contribution in [0.2, 0.25) is 0 Å². The first-order valence-corrected chi connectivity index (χ1v) is 9.24. The maximum Gasteiger partial charge on any atom is 0.311 e. The molecule has 6 nitrogen and oxygen atoms in total. The molecule has 0 spiro atoms. The highest BCUT2D eigenvalue weighted by molar-refractivity contribution is 5.85. The zero-order chi connectivity index (χ0) is 19.0. The number of carbonyl (C=O) groups excluding carboxylic acids is 2. The maximum absolute atomic E-state index is 11.9. The van der Waals surface area contributed by atoms with E-state index in [9.17, 15) is 19.5 Å². The number of aryl methyl sites for hydroxylation is 2. The Kier molecular flexibility index (Phi) is 7.18. The summed E-state index contributed by atoms with van der Waals surface area (Å²) in [5.74, 6) is -1.38. The molecule has 1 aromatic rings. The van der Waals surface area contributed by atoms with Gasteiger partial charge in [-0.1, -0.05) is 49.1 Å². The van der Waals surface area contributed by atoms with Crippen molar-refractivity contribution in [2.24, 2.45) is 5.41 Å². The van der Waals surface area contributed by atoms with E-state index in [1.807, 2.05) is 31.2 Å². The van der Waals surface area contributed by atoms with Crippen LogP contribution in [0.5, 0.6) is 0 Å². The van der Waals surface area contributed by atoms with Crippen molar-refractivity contribution in [3.05, 3.63) is 35.4 Å². The van der Waals surface area contributed by atoms with E-state index >= 15 is 0 Å². The second-order valence-corrected chi connectivity index (χ2v) is 7.19. The van der Waals surface area contributed by atoms with Gasteiger partial charge in [0.25, 0.3) is 0 Å². The molecule has 1 aromatic carbocycles. The molecule has 0 unspecified atom stereocenters. The number of hydrogen-bond donors (Lipinski definition) is 3. The third-order valence-corrected chi connectivity index (χ3v) is 5.10.